The van der Waals surface area contributed by atoms with Crippen molar-refractivity contribution >= 4 is 28.4 Å². The van der Waals surface area contributed by atoms with Crippen LogP contribution in [0.5, 0.6) is 0 Å². The van der Waals surface area contributed by atoms with Gasteiger partial charge in [0.25, 0.3) is 0 Å². The first kappa shape index (κ1) is 20.0. The van der Waals surface area contributed by atoms with Crippen molar-refractivity contribution in [2.24, 2.45) is 4.99 Å². The van der Waals surface area contributed by atoms with Gasteiger partial charge >= 0.3 is 0 Å². The van der Waals surface area contributed by atoms with Gasteiger partial charge in [-0.25, -0.2) is 0 Å². The topological polar surface area (TPSA) is 44.7 Å². The molecule has 4 nitrogen and oxygen atoms in total. The van der Waals surface area contributed by atoms with Crippen LogP contribution in [0.25, 0.3) is 0 Å². The fraction of sp³-hybridized carbons (Fsp3) is 0.588. The van der Waals surface area contributed by atoms with E-state index < -0.39 is 10.8 Å². The quantitative estimate of drug-likeness (QED) is 0.627. The minimum Gasteiger partial charge on any atom is -0.357 e. The molecule has 0 fully saturated rings. The zero-order valence-corrected chi connectivity index (χ0v) is 16.3. The lowest BCUT2D eigenvalue weighted by molar-refractivity contribution is 0.477. The summed E-state index contributed by atoms with van der Waals surface area (Å²) in [4.78, 5) is 6.66. The molecule has 0 heterocycles. The van der Waals surface area contributed by atoms with E-state index in [0.717, 1.165) is 24.1 Å². The summed E-state index contributed by atoms with van der Waals surface area (Å²) in [6.07, 6.45) is 0. The molecule has 0 aliphatic heterocycles. The Hall–Kier alpha value is -1.07. The molecule has 0 bridgehead atoms. The van der Waals surface area contributed by atoms with Crippen LogP contribution in [0.1, 0.15) is 33.3 Å². The van der Waals surface area contributed by atoms with Crippen LogP contribution in [-0.2, 0) is 17.3 Å². The third-order valence-corrected chi connectivity index (χ3v) is 5.42. The summed E-state index contributed by atoms with van der Waals surface area (Å²) in [6, 6.07) is 7.80. The van der Waals surface area contributed by atoms with Gasteiger partial charge in [-0.1, -0.05) is 23.7 Å². The average Bonchev–Trinajstić information content (AvgIpc) is 2.47. The molecule has 0 amide bonds. The minimum atomic E-state index is -0.880. The van der Waals surface area contributed by atoms with E-state index in [1.807, 2.05) is 59.0 Å². The predicted molar refractivity (Wildman–Crippen MR) is 102 cm³/mol. The monoisotopic (exact) mass is 357 g/mol. The van der Waals surface area contributed by atoms with Crippen molar-refractivity contribution in [1.82, 2.24) is 10.2 Å². The molecule has 1 aromatic carbocycles. The lowest BCUT2D eigenvalue weighted by atomic mass is 10.2. The molecule has 0 aliphatic carbocycles. The number of aliphatic imine (C=N–C) groups is 1. The number of benzene rings is 1. The summed E-state index contributed by atoms with van der Waals surface area (Å²) in [5.41, 5.74) is 1.17. The summed E-state index contributed by atoms with van der Waals surface area (Å²) in [7, 11) is 1.12. The van der Waals surface area contributed by atoms with Gasteiger partial charge in [0.2, 0.25) is 0 Å². The van der Waals surface area contributed by atoms with Gasteiger partial charge in [-0.3, -0.25) is 9.20 Å². The standard InChI is InChI=1S/C17H28ClN3OS/c1-6-19-16(20-11-12-23(22)17(2,3)4)21(5)13-14-7-9-15(18)10-8-14/h7-10H,6,11-13H2,1-5H3,(H,19,20). The van der Waals surface area contributed by atoms with Crippen molar-refractivity contribution in [3.05, 3.63) is 34.9 Å². The Morgan fingerprint density at radius 3 is 2.43 bits per heavy atom. The summed E-state index contributed by atoms with van der Waals surface area (Å²) in [6.45, 7) is 10.1. The SMILES string of the molecule is CCNC(=NCCS(=O)C(C)(C)C)N(C)Cc1ccc(Cl)cc1. The van der Waals surface area contributed by atoms with Crippen molar-refractivity contribution in [3.63, 3.8) is 0 Å². The van der Waals surface area contributed by atoms with Gasteiger partial charge in [-0.2, -0.15) is 0 Å². The van der Waals surface area contributed by atoms with Crippen LogP contribution in [-0.4, -0.2) is 45.7 Å². The highest BCUT2D eigenvalue weighted by molar-refractivity contribution is 7.86. The second kappa shape index (κ2) is 9.28. The smallest absolute Gasteiger partial charge is 0.193 e. The van der Waals surface area contributed by atoms with Crippen LogP contribution in [0.2, 0.25) is 5.02 Å². The Labute approximate surface area is 147 Å². The second-order valence-electron chi connectivity index (χ2n) is 6.38. The Bertz CT molecular complexity index is 538. The van der Waals surface area contributed by atoms with Gasteiger partial charge in [0.05, 0.1) is 6.54 Å². The summed E-state index contributed by atoms with van der Waals surface area (Å²) < 4.78 is 11.9. The molecule has 1 unspecified atom stereocenters. The molecule has 1 rings (SSSR count). The highest BCUT2D eigenvalue weighted by Crippen LogP contribution is 2.12. The van der Waals surface area contributed by atoms with E-state index in [0.29, 0.717) is 12.3 Å². The lowest BCUT2D eigenvalue weighted by Crippen LogP contribution is -2.39. The molecular weight excluding hydrogens is 330 g/mol. The van der Waals surface area contributed by atoms with Gasteiger partial charge in [-0.05, 0) is 45.4 Å². The molecule has 0 aromatic heterocycles. The fourth-order valence-corrected chi connectivity index (χ4v) is 2.94. The molecule has 0 spiro atoms. The summed E-state index contributed by atoms with van der Waals surface area (Å²) >= 11 is 5.92. The predicted octanol–water partition coefficient (Wildman–Crippen LogP) is 3.28. The second-order valence-corrected chi connectivity index (χ2v) is 9.14. The molecule has 1 N–H and O–H groups in total. The van der Waals surface area contributed by atoms with E-state index in [1.54, 1.807) is 0 Å². The normalized spacial score (nSPS) is 13.7. The molecule has 130 valence electrons. The summed E-state index contributed by atoms with van der Waals surface area (Å²) in [5.74, 6) is 1.40. The first-order chi connectivity index (χ1) is 10.7. The van der Waals surface area contributed by atoms with E-state index in [4.69, 9.17) is 11.6 Å². The van der Waals surface area contributed by atoms with Crippen LogP contribution in [0.3, 0.4) is 0 Å². The number of guanidine groups is 1. The van der Waals surface area contributed by atoms with E-state index >= 15 is 0 Å². The van der Waals surface area contributed by atoms with Gasteiger partial charge in [0.1, 0.15) is 0 Å². The van der Waals surface area contributed by atoms with Crippen LogP contribution < -0.4 is 5.32 Å². The highest BCUT2D eigenvalue weighted by Gasteiger charge is 2.18. The zero-order chi connectivity index (χ0) is 17.5. The Morgan fingerprint density at radius 2 is 1.91 bits per heavy atom. The van der Waals surface area contributed by atoms with Crippen LogP contribution >= 0.6 is 11.6 Å². The highest BCUT2D eigenvalue weighted by atomic mass is 35.5. The molecule has 0 aliphatic rings. The van der Waals surface area contributed by atoms with Crippen molar-refractivity contribution in [1.29, 1.82) is 0 Å². The molecule has 6 heteroatoms. The first-order valence-electron chi connectivity index (χ1n) is 7.86. The largest absolute Gasteiger partial charge is 0.357 e. The van der Waals surface area contributed by atoms with Crippen LogP contribution in [0.15, 0.2) is 29.3 Å². The van der Waals surface area contributed by atoms with Gasteiger partial charge in [-0.15, -0.1) is 0 Å². The third kappa shape index (κ3) is 7.36. The maximum Gasteiger partial charge on any atom is 0.193 e. The Morgan fingerprint density at radius 1 is 1.30 bits per heavy atom. The molecule has 0 saturated carbocycles. The van der Waals surface area contributed by atoms with Crippen LogP contribution in [0.4, 0.5) is 0 Å². The summed E-state index contributed by atoms with van der Waals surface area (Å²) in [5, 5.41) is 4.02. The van der Waals surface area contributed by atoms with E-state index in [1.165, 1.54) is 5.56 Å². The molecular formula is C17H28ClN3OS. The maximum absolute atomic E-state index is 12.1. The van der Waals surface area contributed by atoms with Gasteiger partial charge in [0.15, 0.2) is 5.96 Å². The van der Waals surface area contributed by atoms with Crippen molar-refractivity contribution in [3.8, 4) is 0 Å². The first-order valence-corrected chi connectivity index (χ1v) is 9.56. The minimum absolute atomic E-state index is 0.191. The molecule has 0 saturated heterocycles. The van der Waals surface area contributed by atoms with E-state index in [9.17, 15) is 4.21 Å². The van der Waals surface area contributed by atoms with Gasteiger partial charge in [0, 0.05) is 46.5 Å². The van der Waals surface area contributed by atoms with E-state index in [2.05, 4.69) is 15.2 Å². The fourth-order valence-electron chi connectivity index (χ4n) is 1.95. The number of hydrogen-bond donors (Lipinski definition) is 1. The Balaban J connectivity index is 2.66. The van der Waals surface area contributed by atoms with Crippen molar-refractivity contribution in [2.75, 3.05) is 25.9 Å². The van der Waals surface area contributed by atoms with E-state index in [-0.39, 0.29) is 4.75 Å². The van der Waals surface area contributed by atoms with Crippen LogP contribution in [0, 0.1) is 0 Å². The number of nitrogens with one attached hydrogen (secondary N) is 1. The molecule has 1 atom stereocenters. The number of nitrogens with zero attached hydrogens (tertiary/aromatic N) is 2. The molecule has 0 radical (unpaired) electrons. The average molecular weight is 358 g/mol. The van der Waals surface area contributed by atoms with Crippen molar-refractivity contribution in [2.45, 2.75) is 39.0 Å². The Kier molecular flexibility index (Phi) is 8.06. The lowest BCUT2D eigenvalue weighted by Gasteiger charge is -2.22. The maximum atomic E-state index is 12.1. The van der Waals surface area contributed by atoms with Gasteiger partial charge < -0.3 is 10.2 Å². The number of rotatable bonds is 6. The zero-order valence-electron chi connectivity index (χ0n) is 14.7. The number of hydrogen-bond acceptors (Lipinski definition) is 2. The third-order valence-electron chi connectivity index (χ3n) is 3.25. The van der Waals surface area contributed by atoms with Crippen molar-refractivity contribution < 1.29 is 4.21 Å². The number of halogens is 1. The molecule has 1 aromatic rings. The molecule has 23 heavy (non-hydrogen) atoms.